The summed E-state index contributed by atoms with van der Waals surface area (Å²) in [5.41, 5.74) is 2.73. The monoisotopic (exact) mass is 440 g/mol. The summed E-state index contributed by atoms with van der Waals surface area (Å²) >= 11 is 6.01. The molecular formula is C23H29ClN6O. The highest BCUT2D eigenvalue weighted by Crippen LogP contribution is 2.30. The third-order valence-corrected chi connectivity index (χ3v) is 5.90. The summed E-state index contributed by atoms with van der Waals surface area (Å²) in [4.78, 5) is 26.3. The van der Waals surface area contributed by atoms with Crippen molar-refractivity contribution in [2.75, 3.05) is 31.1 Å². The van der Waals surface area contributed by atoms with Crippen molar-refractivity contribution in [3.05, 3.63) is 41.9 Å². The highest BCUT2D eigenvalue weighted by molar-refractivity contribution is 6.30. The molecule has 4 rings (SSSR count). The van der Waals surface area contributed by atoms with E-state index < -0.39 is 5.38 Å². The Bertz CT molecular complexity index is 1060. The summed E-state index contributed by atoms with van der Waals surface area (Å²) in [6.07, 6.45) is 2.96. The molecule has 1 atom stereocenters. The van der Waals surface area contributed by atoms with Crippen molar-refractivity contribution in [1.29, 1.82) is 0 Å². The molecule has 1 amide bonds. The van der Waals surface area contributed by atoms with E-state index in [0.717, 1.165) is 53.3 Å². The lowest BCUT2D eigenvalue weighted by atomic mass is 10.2. The van der Waals surface area contributed by atoms with Crippen molar-refractivity contribution in [3.63, 3.8) is 0 Å². The highest BCUT2D eigenvalue weighted by atomic mass is 35.5. The number of nitrogens with zero attached hydrogens (tertiary/aromatic N) is 6. The van der Waals surface area contributed by atoms with Crippen LogP contribution in [0.2, 0.25) is 0 Å². The number of amides is 1. The van der Waals surface area contributed by atoms with Gasteiger partial charge >= 0.3 is 0 Å². The fourth-order valence-corrected chi connectivity index (χ4v) is 4.16. The third kappa shape index (κ3) is 4.37. The number of para-hydroxylation sites is 1. The van der Waals surface area contributed by atoms with E-state index in [9.17, 15) is 4.79 Å². The van der Waals surface area contributed by atoms with E-state index in [1.54, 1.807) is 6.92 Å². The minimum Gasteiger partial charge on any atom is -0.352 e. The fourth-order valence-electron chi connectivity index (χ4n) is 4.02. The SMILES string of the molecule is CCCCc1nc(N2CCN(C(=O)[C@@H](C)Cl)CC2)c2c(C)nn(-c3ccccc3)c2n1. The number of piperazine rings is 1. The zero-order valence-electron chi connectivity index (χ0n) is 18.4. The van der Waals surface area contributed by atoms with Crippen LogP contribution in [-0.4, -0.2) is 62.1 Å². The van der Waals surface area contributed by atoms with Crippen molar-refractivity contribution in [1.82, 2.24) is 24.6 Å². The number of rotatable bonds is 6. The largest absolute Gasteiger partial charge is 0.352 e. The molecule has 3 aromatic rings. The minimum absolute atomic E-state index is 0.00846. The van der Waals surface area contributed by atoms with Gasteiger partial charge in [0.15, 0.2) is 5.65 Å². The van der Waals surface area contributed by atoms with Crippen LogP contribution in [0.5, 0.6) is 0 Å². The molecular weight excluding hydrogens is 412 g/mol. The van der Waals surface area contributed by atoms with Crippen LogP contribution >= 0.6 is 11.6 Å². The molecule has 1 fully saturated rings. The molecule has 164 valence electrons. The van der Waals surface area contributed by atoms with Crippen LogP contribution in [0.1, 0.15) is 38.2 Å². The Labute approximate surface area is 188 Å². The number of hydrogen-bond donors (Lipinski definition) is 0. The van der Waals surface area contributed by atoms with Crippen molar-refractivity contribution in [2.24, 2.45) is 0 Å². The van der Waals surface area contributed by atoms with Gasteiger partial charge in [-0.3, -0.25) is 4.79 Å². The molecule has 31 heavy (non-hydrogen) atoms. The molecule has 2 aromatic heterocycles. The van der Waals surface area contributed by atoms with E-state index in [1.807, 2.05) is 46.8 Å². The van der Waals surface area contributed by atoms with Gasteiger partial charge in [0.05, 0.1) is 16.8 Å². The third-order valence-electron chi connectivity index (χ3n) is 5.72. The zero-order valence-corrected chi connectivity index (χ0v) is 19.1. The first-order valence-electron chi connectivity index (χ1n) is 11.0. The Morgan fingerprint density at radius 2 is 1.84 bits per heavy atom. The maximum Gasteiger partial charge on any atom is 0.240 e. The second-order valence-electron chi connectivity index (χ2n) is 8.03. The molecule has 0 N–H and O–H groups in total. The summed E-state index contributed by atoms with van der Waals surface area (Å²) in [7, 11) is 0. The Morgan fingerprint density at radius 3 is 2.48 bits per heavy atom. The average molecular weight is 441 g/mol. The summed E-state index contributed by atoms with van der Waals surface area (Å²) in [6.45, 7) is 8.61. The summed E-state index contributed by atoms with van der Waals surface area (Å²) in [5.74, 6) is 1.75. The number of aromatic nitrogens is 4. The minimum atomic E-state index is -0.496. The molecule has 0 spiro atoms. The average Bonchev–Trinajstić information content (AvgIpc) is 3.13. The second-order valence-corrected chi connectivity index (χ2v) is 8.68. The Kier molecular flexibility index (Phi) is 6.41. The highest BCUT2D eigenvalue weighted by Gasteiger charge is 2.27. The molecule has 7 nitrogen and oxygen atoms in total. The quantitative estimate of drug-likeness (QED) is 0.546. The number of carbonyl (C=O) groups excluding carboxylic acids is 1. The smallest absolute Gasteiger partial charge is 0.240 e. The molecule has 3 heterocycles. The molecule has 0 radical (unpaired) electrons. The summed E-state index contributed by atoms with van der Waals surface area (Å²) in [5, 5.41) is 5.29. The standard InChI is InChI=1S/C23H29ClN6O/c1-4-5-11-19-25-21(28-12-14-29(15-13-28)23(31)16(2)24)20-17(3)27-30(22(20)26-19)18-9-7-6-8-10-18/h6-10,16H,4-5,11-15H2,1-3H3/t16-/m1/s1. The Hall–Kier alpha value is -2.67. The summed E-state index contributed by atoms with van der Waals surface area (Å²) < 4.78 is 1.92. The van der Waals surface area contributed by atoms with Gasteiger partial charge in [0.1, 0.15) is 17.0 Å². The normalized spacial score (nSPS) is 15.5. The molecule has 0 aliphatic carbocycles. The van der Waals surface area contributed by atoms with Crippen molar-refractivity contribution < 1.29 is 4.79 Å². The van der Waals surface area contributed by atoms with Gasteiger partial charge in [0, 0.05) is 32.6 Å². The first-order valence-corrected chi connectivity index (χ1v) is 11.4. The number of alkyl halides is 1. The van der Waals surface area contributed by atoms with Gasteiger partial charge in [-0.05, 0) is 32.4 Å². The number of halogens is 1. The van der Waals surface area contributed by atoms with Gasteiger partial charge < -0.3 is 9.80 Å². The maximum atomic E-state index is 12.3. The van der Waals surface area contributed by atoms with Gasteiger partial charge in [0.2, 0.25) is 5.91 Å². The molecule has 1 aliphatic heterocycles. The van der Waals surface area contributed by atoms with Crippen LogP contribution in [0.15, 0.2) is 30.3 Å². The van der Waals surface area contributed by atoms with Gasteiger partial charge in [0.25, 0.3) is 0 Å². The first-order chi connectivity index (χ1) is 15.0. The van der Waals surface area contributed by atoms with Crippen molar-refractivity contribution >= 4 is 34.4 Å². The number of fused-ring (bicyclic) bond motifs is 1. The first kappa shape index (κ1) is 21.6. The van der Waals surface area contributed by atoms with Crippen LogP contribution in [-0.2, 0) is 11.2 Å². The predicted molar refractivity (Wildman–Crippen MR) is 124 cm³/mol. The number of aryl methyl sites for hydroxylation is 2. The van der Waals surface area contributed by atoms with Crippen LogP contribution < -0.4 is 4.90 Å². The molecule has 1 aromatic carbocycles. The number of hydrogen-bond acceptors (Lipinski definition) is 5. The lowest BCUT2D eigenvalue weighted by molar-refractivity contribution is -0.130. The van der Waals surface area contributed by atoms with Gasteiger partial charge in [-0.1, -0.05) is 31.5 Å². The lowest BCUT2D eigenvalue weighted by Crippen LogP contribution is -2.50. The Balaban J connectivity index is 1.74. The maximum absolute atomic E-state index is 12.3. The topological polar surface area (TPSA) is 67.2 Å². The van der Waals surface area contributed by atoms with E-state index in [0.29, 0.717) is 26.2 Å². The van der Waals surface area contributed by atoms with E-state index in [2.05, 4.69) is 11.8 Å². The van der Waals surface area contributed by atoms with Gasteiger partial charge in [-0.25, -0.2) is 14.6 Å². The van der Waals surface area contributed by atoms with E-state index in [-0.39, 0.29) is 5.91 Å². The van der Waals surface area contributed by atoms with E-state index in [1.165, 1.54) is 0 Å². The van der Waals surface area contributed by atoms with Crippen molar-refractivity contribution in [3.8, 4) is 5.69 Å². The van der Waals surface area contributed by atoms with Gasteiger partial charge in [-0.2, -0.15) is 5.10 Å². The predicted octanol–water partition coefficient (Wildman–Crippen LogP) is 3.74. The molecule has 0 unspecified atom stereocenters. The molecule has 8 heteroatoms. The summed E-state index contributed by atoms with van der Waals surface area (Å²) in [6, 6.07) is 10.1. The lowest BCUT2D eigenvalue weighted by Gasteiger charge is -2.36. The number of anilines is 1. The molecule has 0 bridgehead atoms. The van der Waals surface area contributed by atoms with Crippen LogP contribution in [0.3, 0.4) is 0 Å². The van der Waals surface area contributed by atoms with Gasteiger partial charge in [-0.15, -0.1) is 11.6 Å². The molecule has 1 saturated heterocycles. The Morgan fingerprint density at radius 1 is 1.13 bits per heavy atom. The molecule has 1 aliphatic rings. The second kappa shape index (κ2) is 9.22. The van der Waals surface area contributed by atoms with Crippen molar-refractivity contribution in [2.45, 2.75) is 45.4 Å². The number of benzene rings is 1. The fraction of sp³-hybridized carbons (Fsp3) is 0.478. The van der Waals surface area contributed by atoms with Crippen LogP contribution in [0, 0.1) is 6.92 Å². The van der Waals surface area contributed by atoms with E-state index in [4.69, 9.17) is 26.7 Å². The zero-order chi connectivity index (χ0) is 22.0. The number of unbranched alkanes of at least 4 members (excludes halogenated alkanes) is 1. The molecule has 0 saturated carbocycles. The van der Waals surface area contributed by atoms with Crippen LogP contribution in [0.25, 0.3) is 16.7 Å². The van der Waals surface area contributed by atoms with Crippen LogP contribution in [0.4, 0.5) is 5.82 Å². The van der Waals surface area contributed by atoms with E-state index >= 15 is 0 Å². The number of carbonyl (C=O) groups is 1.